The fourth-order valence-corrected chi connectivity index (χ4v) is 1.92. The van der Waals surface area contributed by atoms with E-state index in [-0.39, 0.29) is 6.10 Å². The summed E-state index contributed by atoms with van der Waals surface area (Å²) in [5.41, 5.74) is 0. The zero-order valence-corrected chi connectivity index (χ0v) is 9.86. The van der Waals surface area contributed by atoms with Crippen molar-refractivity contribution in [2.75, 3.05) is 33.0 Å². The predicted octanol–water partition coefficient (Wildman–Crippen LogP) is 0.542. The van der Waals surface area contributed by atoms with Crippen molar-refractivity contribution in [2.24, 2.45) is 5.92 Å². The van der Waals surface area contributed by atoms with Crippen LogP contribution in [0.4, 0.5) is 0 Å². The lowest BCUT2D eigenvalue weighted by atomic mass is 10.1. The minimum atomic E-state index is -0.374. The standard InChI is InChI=1S/C12H23NO3/c14-12(9-16-8-10-1-2-10)7-13-11-3-5-15-6-4-11/h10-14H,1-9H2. The number of hydrogen-bond acceptors (Lipinski definition) is 4. The zero-order valence-electron chi connectivity index (χ0n) is 9.86. The summed E-state index contributed by atoms with van der Waals surface area (Å²) in [7, 11) is 0. The van der Waals surface area contributed by atoms with Crippen LogP contribution in [-0.4, -0.2) is 50.2 Å². The summed E-state index contributed by atoms with van der Waals surface area (Å²) in [6, 6.07) is 0.506. The molecule has 4 heteroatoms. The summed E-state index contributed by atoms with van der Waals surface area (Å²) < 4.78 is 10.7. The smallest absolute Gasteiger partial charge is 0.0897 e. The highest BCUT2D eigenvalue weighted by atomic mass is 16.5. The van der Waals surface area contributed by atoms with Crippen molar-refractivity contribution in [1.29, 1.82) is 0 Å². The van der Waals surface area contributed by atoms with Crippen LogP contribution in [0.2, 0.25) is 0 Å². The molecule has 2 fully saturated rings. The molecule has 4 nitrogen and oxygen atoms in total. The highest BCUT2D eigenvalue weighted by Gasteiger charge is 2.21. The Balaban J connectivity index is 1.46. The number of aliphatic hydroxyl groups excluding tert-OH is 1. The van der Waals surface area contributed by atoms with Gasteiger partial charge in [-0.3, -0.25) is 0 Å². The van der Waals surface area contributed by atoms with Crippen molar-refractivity contribution in [3.8, 4) is 0 Å². The Kier molecular flexibility index (Phi) is 5.03. The second-order valence-electron chi connectivity index (χ2n) is 4.93. The molecule has 2 aliphatic rings. The largest absolute Gasteiger partial charge is 0.389 e. The average molecular weight is 229 g/mol. The highest BCUT2D eigenvalue weighted by molar-refractivity contribution is 4.74. The first-order valence-electron chi connectivity index (χ1n) is 6.41. The van der Waals surface area contributed by atoms with Crippen molar-refractivity contribution < 1.29 is 14.6 Å². The Morgan fingerprint density at radius 3 is 2.69 bits per heavy atom. The molecule has 1 unspecified atom stereocenters. The third kappa shape index (κ3) is 4.78. The Labute approximate surface area is 97.3 Å². The van der Waals surface area contributed by atoms with Crippen LogP contribution in [0.1, 0.15) is 25.7 Å². The molecule has 16 heavy (non-hydrogen) atoms. The second kappa shape index (κ2) is 6.55. The van der Waals surface area contributed by atoms with Crippen LogP contribution < -0.4 is 5.32 Å². The van der Waals surface area contributed by atoms with Crippen molar-refractivity contribution in [3.05, 3.63) is 0 Å². The van der Waals surface area contributed by atoms with Gasteiger partial charge >= 0.3 is 0 Å². The first kappa shape index (κ1) is 12.3. The molecular weight excluding hydrogens is 206 g/mol. The van der Waals surface area contributed by atoms with Gasteiger partial charge in [0.05, 0.1) is 12.7 Å². The van der Waals surface area contributed by atoms with Gasteiger partial charge in [-0.1, -0.05) is 0 Å². The number of nitrogens with one attached hydrogen (secondary N) is 1. The maximum atomic E-state index is 9.69. The molecule has 0 bridgehead atoms. The maximum Gasteiger partial charge on any atom is 0.0897 e. The van der Waals surface area contributed by atoms with Gasteiger partial charge in [0.2, 0.25) is 0 Å². The molecule has 1 saturated carbocycles. The lowest BCUT2D eigenvalue weighted by Crippen LogP contribution is -2.40. The summed E-state index contributed by atoms with van der Waals surface area (Å²) in [6.07, 6.45) is 4.33. The van der Waals surface area contributed by atoms with Crippen LogP contribution in [0.5, 0.6) is 0 Å². The van der Waals surface area contributed by atoms with Crippen LogP contribution in [0.3, 0.4) is 0 Å². The number of hydrogen-bond donors (Lipinski definition) is 2. The minimum absolute atomic E-state index is 0.374. The summed E-state index contributed by atoms with van der Waals surface area (Å²) in [5.74, 6) is 0.774. The lowest BCUT2D eigenvalue weighted by molar-refractivity contribution is 0.0261. The van der Waals surface area contributed by atoms with E-state index in [1.807, 2.05) is 0 Å². The molecule has 2 rings (SSSR count). The number of ether oxygens (including phenoxy) is 2. The molecular formula is C12H23NO3. The normalized spacial score (nSPS) is 24.6. The van der Waals surface area contributed by atoms with Gasteiger partial charge in [-0.05, 0) is 31.6 Å². The molecule has 0 aromatic heterocycles. The highest BCUT2D eigenvalue weighted by Crippen LogP contribution is 2.28. The van der Waals surface area contributed by atoms with E-state index < -0.39 is 0 Å². The summed E-state index contributed by atoms with van der Waals surface area (Å²) >= 11 is 0. The zero-order chi connectivity index (χ0) is 11.2. The van der Waals surface area contributed by atoms with E-state index in [0.29, 0.717) is 19.2 Å². The molecule has 2 N–H and O–H groups in total. The van der Waals surface area contributed by atoms with Gasteiger partial charge in [0.1, 0.15) is 0 Å². The molecule has 0 amide bonds. The topological polar surface area (TPSA) is 50.7 Å². The SMILES string of the molecule is OC(CNC1CCOCC1)COCC1CC1. The first-order valence-corrected chi connectivity index (χ1v) is 6.41. The van der Waals surface area contributed by atoms with Gasteiger partial charge in [-0.25, -0.2) is 0 Å². The Hall–Kier alpha value is -0.160. The first-order chi connectivity index (χ1) is 7.84. The minimum Gasteiger partial charge on any atom is -0.389 e. The van der Waals surface area contributed by atoms with Crippen LogP contribution in [0.15, 0.2) is 0 Å². The van der Waals surface area contributed by atoms with Gasteiger partial charge in [0.25, 0.3) is 0 Å². The fourth-order valence-electron chi connectivity index (χ4n) is 1.92. The van der Waals surface area contributed by atoms with E-state index in [1.165, 1.54) is 12.8 Å². The fraction of sp³-hybridized carbons (Fsp3) is 1.00. The lowest BCUT2D eigenvalue weighted by Gasteiger charge is -2.24. The third-order valence-electron chi connectivity index (χ3n) is 3.22. The molecule has 94 valence electrons. The quantitative estimate of drug-likeness (QED) is 0.669. The Morgan fingerprint density at radius 1 is 1.25 bits per heavy atom. The van der Waals surface area contributed by atoms with Crippen molar-refractivity contribution in [2.45, 2.75) is 37.8 Å². The van der Waals surface area contributed by atoms with Gasteiger partial charge in [0.15, 0.2) is 0 Å². The van der Waals surface area contributed by atoms with Gasteiger partial charge in [-0.15, -0.1) is 0 Å². The molecule has 1 aliphatic heterocycles. The van der Waals surface area contributed by atoms with E-state index in [2.05, 4.69) is 5.32 Å². The molecule has 0 radical (unpaired) electrons. The Morgan fingerprint density at radius 2 is 2.00 bits per heavy atom. The van der Waals surface area contributed by atoms with Gasteiger partial charge in [-0.2, -0.15) is 0 Å². The third-order valence-corrected chi connectivity index (χ3v) is 3.22. The molecule has 0 spiro atoms. The number of rotatable bonds is 7. The number of aliphatic hydroxyl groups is 1. The second-order valence-corrected chi connectivity index (χ2v) is 4.93. The summed E-state index contributed by atoms with van der Waals surface area (Å²) in [6.45, 7) is 3.61. The van der Waals surface area contributed by atoms with E-state index in [9.17, 15) is 5.11 Å². The molecule has 1 heterocycles. The maximum absolute atomic E-state index is 9.69. The predicted molar refractivity (Wildman–Crippen MR) is 61.4 cm³/mol. The molecule has 1 aliphatic carbocycles. The van der Waals surface area contributed by atoms with Gasteiger partial charge in [0, 0.05) is 32.4 Å². The monoisotopic (exact) mass is 229 g/mol. The van der Waals surface area contributed by atoms with Crippen molar-refractivity contribution in [1.82, 2.24) is 5.32 Å². The van der Waals surface area contributed by atoms with Crippen LogP contribution in [0, 0.1) is 5.92 Å². The Bertz CT molecular complexity index is 191. The van der Waals surface area contributed by atoms with Crippen LogP contribution >= 0.6 is 0 Å². The van der Waals surface area contributed by atoms with Crippen LogP contribution in [-0.2, 0) is 9.47 Å². The van der Waals surface area contributed by atoms with Crippen LogP contribution in [0.25, 0.3) is 0 Å². The summed E-state index contributed by atoms with van der Waals surface area (Å²) in [4.78, 5) is 0. The van der Waals surface area contributed by atoms with Crippen molar-refractivity contribution in [3.63, 3.8) is 0 Å². The molecule has 1 atom stereocenters. The molecule has 1 saturated heterocycles. The van der Waals surface area contributed by atoms with Crippen molar-refractivity contribution >= 4 is 0 Å². The van der Waals surface area contributed by atoms with E-state index in [1.54, 1.807) is 0 Å². The molecule has 0 aromatic carbocycles. The molecule has 0 aromatic rings. The summed E-state index contributed by atoms with van der Waals surface area (Å²) in [5, 5.41) is 13.1. The average Bonchev–Trinajstić information content (AvgIpc) is 3.12. The van der Waals surface area contributed by atoms with E-state index >= 15 is 0 Å². The van der Waals surface area contributed by atoms with E-state index in [0.717, 1.165) is 38.6 Å². The van der Waals surface area contributed by atoms with Gasteiger partial charge < -0.3 is 19.9 Å². The van der Waals surface area contributed by atoms with E-state index in [4.69, 9.17) is 9.47 Å².